The Kier molecular flexibility index (Phi) is 7.65. The van der Waals surface area contributed by atoms with Gasteiger partial charge in [0.1, 0.15) is 18.5 Å². The fraction of sp³-hybridized carbons (Fsp3) is 0.769. The minimum Gasteiger partial charge on any atom is -0.491 e. The first-order valence-corrected chi connectivity index (χ1v) is 12.4. The lowest BCUT2D eigenvalue weighted by Crippen LogP contribution is -2.47. The molecule has 1 aromatic carbocycles. The van der Waals surface area contributed by atoms with Crippen LogP contribution in [0.5, 0.6) is 5.75 Å². The molecule has 0 heterocycles. The average molecular weight is 434 g/mol. The summed E-state index contributed by atoms with van der Waals surface area (Å²) in [7, 11) is 0. The van der Waals surface area contributed by atoms with Gasteiger partial charge in [-0.1, -0.05) is 37.5 Å². The lowest BCUT2D eigenvalue weighted by Gasteiger charge is -2.52. The van der Waals surface area contributed by atoms with Gasteiger partial charge >= 0.3 is 0 Å². The molecule has 1 aromatic rings. The second-order valence-corrected chi connectivity index (χ2v) is 10.4. The van der Waals surface area contributed by atoms with Gasteiger partial charge < -0.3 is 15.2 Å². The van der Waals surface area contributed by atoms with Crippen molar-refractivity contribution in [2.75, 3.05) is 13.2 Å². The van der Waals surface area contributed by atoms with E-state index in [1.54, 1.807) is 0 Å². The van der Waals surface area contributed by atoms with Gasteiger partial charge in [-0.3, -0.25) is 0 Å². The van der Waals surface area contributed by atoms with Crippen LogP contribution in [-0.2, 0) is 0 Å². The van der Waals surface area contributed by atoms with Gasteiger partial charge in [-0.25, -0.2) is 0 Å². The van der Waals surface area contributed by atoms with E-state index < -0.39 is 6.10 Å². The molecule has 0 aromatic heterocycles. The van der Waals surface area contributed by atoms with Gasteiger partial charge in [-0.15, -0.1) is 12.4 Å². The van der Waals surface area contributed by atoms with Gasteiger partial charge in [0.05, 0.1) is 0 Å². The second-order valence-electron chi connectivity index (χ2n) is 10.4. The summed E-state index contributed by atoms with van der Waals surface area (Å²) in [6.45, 7) is 1.02. The molecular weight excluding hydrogens is 394 g/mol. The number of para-hydroxylation sites is 1. The van der Waals surface area contributed by atoms with E-state index in [-0.39, 0.29) is 12.4 Å². The highest BCUT2D eigenvalue weighted by Crippen LogP contribution is 2.57. The van der Waals surface area contributed by atoms with Crippen LogP contribution in [0.3, 0.4) is 0 Å². The molecule has 8 atom stereocenters. The summed E-state index contributed by atoms with van der Waals surface area (Å²) in [5.41, 5.74) is 0. The molecule has 30 heavy (non-hydrogen) atoms. The number of rotatable bonds is 6. The van der Waals surface area contributed by atoms with Crippen molar-refractivity contribution in [1.29, 1.82) is 0 Å². The Morgan fingerprint density at radius 3 is 2.33 bits per heavy atom. The maximum atomic E-state index is 10.4. The molecule has 0 amide bonds. The Bertz CT molecular complexity index is 656. The molecule has 4 aliphatic carbocycles. The molecule has 0 aliphatic heterocycles. The fourth-order valence-electron chi connectivity index (χ4n) is 7.80. The largest absolute Gasteiger partial charge is 0.491 e. The van der Waals surface area contributed by atoms with Crippen LogP contribution in [0.15, 0.2) is 30.3 Å². The van der Waals surface area contributed by atoms with Crippen molar-refractivity contribution in [1.82, 2.24) is 5.32 Å². The van der Waals surface area contributed by atoms with Crippen molar-refractivity contribution >= 4 is 12.4 Å². The van der Waals surface area contributed by atoms with Crippen LogP contribution in [0, 0.1) is 35.5 Å². The molecule has 8 unspecified atom stereocenters. The Morgan fingerprint density at radius 1 is 0.800 bits per heavy atom. The van der Waals surface area contributed by atoms with Crippen LogP contribution >= 0.6 is 12.4 Å². The van der Waals surface area contributed by atoms with E-state index in [0.29, 0.717) is 19.2 Å². The van der Waals surface area contributed by atoms with Gasteiger partial charge in [0.15, 0.2) is 0 Å². The third kappa shape index (κ3) is 4.69. The van der Waals surface area contributed by atoms with E-state index in [9.17, 15) is 5.11 Å². The summed E-state index contributed by atoms with van der Waals surface area (Å²) >= 11 is 0. The molecular formula is C26H40ClNO2. The minimum absolute atomic E-state index is 0. The van der Waals surface area contributed by atoms with Crippen molar-refractivity contribution < 1.29 is 9.84 Å². The molecule has 168 valence electrons. The van der Waals surface area contributed by atoms with Gasteiger partial charge in [0.2, 0.25) is 0 Å². The molecule has 4 saturated carbocycles. The van der Waals surface area contributed by atoms with E-state index in [1.165, 1.54) is 64.2 Å². The lowest BCUT2D eigenvalue weighted by molar-refractivity contribution is -0.0223. The molecule has 4 heteroatoms. The van der Waals surface area contributed by atoms with Gasteiger partial charge in [-0.2, -0.15) is 0 Å². The zero-order chi connectivity index (χ0) is 19.6. The normalized spacial score (nSPS) is 38.5. The van der Waals surface area contributed by atoms with Crippen molar-refractivity contribution in [2.45, 2.75) is 76.4 Å². The summed E-state index contributed by atoms with van der Waals surface area (Å²) in [5, 5.41) is 14.1. The highest BCUT2D eigenvalue weighted by molar-refractivity contribution is 5.85. The van der Waals surface area contributed by atoms with Crippen LogP contribution in [0.1, 0.15) is 64.2 Å². The van der Waals surface area contributed by atoms with Crippen LogP contribution < -0.4 is 10.1 Å². The number of fused-ring (bicyclic) bond motifs is 5. The topological polar surface area (TPSA) is 41.5 Å². The number of hydrogen-bond donors (Lipinski definition) is 2. The minimum atomic E-state index is -0.441. The smallest absolute Gasteiger partial charge is 0.119 e. The number of nitrogens with one attached hydrogen (secondary N) is 1. The first-order valence-electron chi connectivity index (χ1n) is 12.4. The quantitative estimate of drug-likeness (QED) is 0.625. The molecule has 0 saturated heterocycles. The van der Waals surface area contributed by atoms with Crippen LogP contribution in [0.4, 0.5) is 0 Å². The Hall–Kier alpha value is -0.770. The van der Waals surface area contributed by atoms with Crippen LogP contribution in [0.2, 0.25) is 0 Å². The summed E-state index contributed by atoms with van der Waals surface area (Å²) in [4.78, 5) is 0. The van der Waals surface area contributed by atoms with Gasteiger partial charge in [0.25, 0.3) is 0 Å². The molecule has 4 fully saturated rings. The van der Waals surface area contributed by atoms with Crippen molar-refractivity contribution in [3.63, 3.8) is 0 Å². The predicted molar refractivity (Wildman–Crippen MR) is 124 cm³/mol. The highest BCUT2D eigenvalue weighted by atomic mass is 35.5. The second kappa shape index (κ2) is 10.2. The number of benzene rings is 1. The lowest BCUT2D eigenvalue weighted by atomic mass is 9.53. The Balaban J connectivity index is 0.00000218. The molecule has 5 rings (SSSR count). The maximum absolute atomic E-state index is 10.4. The molecule has 0 radical (unpaired) electrons. The number of hydrogen-bond acceptors (Lipinski definition) is 3. The van der Waals surface area contributed by atoms with Gasteiger partial charge in [0, 0.05) is 12.6 Å². The summed E-state index contributed by atoms with van der Waals surface area (Å²) in [6.07, 6.45) is 14.2. The maximum Gasteiger partial charge on any atom is 0.119 e. The first kappa shape index (κ1) is 22.4. The number of ether oxygens (including phenoxy) is 1. The SMILES string of the molecule is Cl.OC(CNC1CCC2C1CCC1C3CCCCC3CCC12)COc1ccccc1. The molecule has 4 aliphatic rings. The first-order chi connectivity index (χ1) is 14.3. The third-order valence-corrected chi connectivity index (χ3v) is 9.00. The summed E-state index contributed by atoms with van der Waals surface area (Å²) < 4.78 is 5.72. The van der Waals surface area contributed by atoms with E-state index in [0.717, 1.165) is 41.3 Å². The number of aliphatic hydroxyl groups excluding tert-OH is 1. The standard InChI is InChI=1S/C26H39NO2.ClH/c28-19(17-29-20-7-2-1-3-8-20)16-27-26-15-14-24-23-11-10-18-6-4-5-9-21(18)22(23)12-13-25(24)26;/h1-3,7-8,18-19,21-28H,4-6,9-17H2;1H. The average Bonchev–Trinajstić information content (AvgIpc) is 3.20. The predicted octanol–water partition coefficient (Wildman–Crippen LogP) is 5.46. The molecule has 0 spiro atoms. The van der Waals surface area contributed by atoms with Crippen LogP contribution in [0.25, 0.3) is 0 Å². The highest BCUT2D eigenvalue weighted by Gasteiger charge is 2.50. The Morgan fingerprint density at radius 2 is 1.47 bits per heavy atom. The summed E-state index contributed by atoms with van der Waals surface area (Å²) in [5.74, 6) is 6.81. The zero-order valence-corrected chi connectivity index (χ0v) is 19.1. The zero-order valence-electron chi connectivity index (χ0n) is 18.3. The van der Waals surface area contributed by atoms with E-state index >= 15 is 0 Å². The molecule has 3 nitrogen and oxygen atoms in total. The van der Waals surface area contributed by atoms with E-state index in [4.69, 9.17) is 4.74 Å². The Labute approximate surface area is 188 Å². The van der Waals surface area contributed by atoms with Crippen molar-refractivity contribution in [2.24, 2.45) is 35.5 Å². The van der Waals surface area contributed by atoms with E-state index in [1.807, 2.05) is 30.3 Å². The summed E-state index contributed by atoms with van der Waals surface area (Å²) in [6, 6.07) is 10.4. The molecule has 2 N–H and O–H groups in total. The third-order valence-electron chi connectivity index (χ3n) is 9.00. The van der Waals surface area contributed by atoms with Crippen molar-refractivity contribution in [3.05, 3.63) is 30.3 Å². The van der Waals surface area contributed by atoms with Crippen molar-refractivity contribution in [3.8, 4) is 5.75 Å². The monoisotopic (exact) mass is 433 g/mol. The fourth-order valence-corrected chi connectivity index (χ4v) is 7.80. The number of halogens is 1. The van der Waals surface area contributed by atoms with Gasteiger partial charge in [-0.05, 0) is 92.6 Å². The number of aliphatic hydroxyl groups is 1. The van der Waals surface area contributed by atoms with E-state index in [2.05, 4.69) is 5.32 Å². The molecule has 0 bridgehead atoms. The van der Waals surface area contributed by atoms with Crippen LogP contribution in [-0.4, -0.2) is 30.4 Å².